The number of hydrogen-bond donors (Lipinski definition) is 3. The predicted molar refractivity (Wildman–Crippen MR) is 64.9 cm³/mol. The van der Waals surface area contributed by atoms with E-state index in [1.54, 1.807) is 0 Å². The Balaban J connectivity index is 2.77. The van der Waals surface area contributed by atoms with E-state index in [1.807, 2.05) is 6.92 Å². The largest absolute Gasteiger partial charge is 0.478 e. The molecule has 0 aromatic heterocycles. The van der Waals surface area contributed by atoms with Crippen molar-refractivity contribution in [2.45, 2.75) is 25.8 Å². The van der Waals surface area contributed by atoms with Crippen molar-refractivity contribution in [1.82, 2.24) is 0 Å². The molecule has 0 radical (unpaired) electrons. The minimum absolute atomic E-state index is 0.189. The monoisotopic (exact) mass is 254 g/mol. The summed E-state index contributed by atoms with van der Waals surface area (Å²) in [5, 5.41) is 11.1. The minimum Gasteiger partial charge on any atom is -0.478 e. The number of anilines is 1. The first-order chi connectivity index (χ1) is 8.45. The van der Waals surface area contributed by atoms with Crippen molar-refractivity contribution < 1.29 is 19.1 Å². The Bertz CT molecular complexity index is 463. The van der Waals surface area contributed by atoms with Crippen LogP contribution in [0.3, 0.4) is 0 Å². The molecule has 0 saturated heterocycles. The van der Waals surface area contributed by atoms with Gasteiger partial charge in [0.1, 0.15) is 5.82 Å². The van der Waals surface area contributed by atoms with E-state index in [-0.39, 0.29) is 5.69 Å². The van der Waals surface area contributed by atoms with Crippen LogP contribution in [0.2, 0.25) is 0 Å². The summed E-state index contributed by atoms with van der Waals surface area (Å²) in [5.41, 5.74) is 5.34. The second-order valence-electron chi connectivity index (χ2n) is 3.88. The lowest BCUT2D eigenvalue weighted by Gasteiger charge is -2.11. The zero-order valence-electron chi connectivity index (χ0n) is 9.94. The standard InChI is InChI=1S/C12H15FN2O3/c1-2-3-10(14)11(16)15-7-4-5-8(12(17)18)9(13)6-7/h4-6,10H,2-3,14H2,1H3,(H,15,16)(H,17,18)/t10-/m1/s1. The molecule has 1 amide bonds. The molecule has 0 heterocycles. The van der Waals surface area contributed by atoms with Crippen LogP contribution in [-0.2, 0) is 4.79 Å². The Labute approximate surface area is 104 Å². The molecule has 0 spiro atoms. The maximum Gasteiger partial charge on any atom is 0.338 e. The van der Waals surface area contributed by atoms with Gasteiger partial charge in [0.15, 0.2) is 0 Å². The highest BCUT2D eigenvalue weighted by atomic mass is 19.1. The van der Waals surface area contributed by atoms with E-state index in [0.717, 1.165) is 18.6 Å². The maximum absolute atomic E-state index is 13.3. The molecule has 1 aromatic rings. The zero-order valence-corrected chi connectivity index (χ0v) is 9.94. The third-order valence-corrected chi connectivity index (χ3v) is 2.40. The van der Waals surface area contributed by atoms with Crippen LogP contribution in [-0.4, -0.2) is 23.0 Å². The average molecular weight is 254 g/mol. The Morgan fingerprint density at radius 2 is 2.17 bits per heavy atom. The van der Waals surface area contributed by atoms with Crippen molar-refractivity contribution in [3.63, 3.8) is 0 Å². The highest BCUT2D eigenvalue weighted by Crippen LogP contribution is 2.15. The lowest BCUT2D eigenvalue weighted by molar-refractivity contribution is -0.117. The van der Waals surface area contributed by atoms with Gasteiger partial charge in [0.25, 0.3) is 0 Å². The molecule has 0 bridgehead atoms. The fourth-order valence-corrected chi connectivity index (χ4v) is 1.44. The van der Waals surface area contributed by atoms with Crippen LogP contribution in [0, 0.1) is 5.82 Å². The van der Waals surface area contributed by atoms with Crippen molar-refractivity contribution in [1.29, 1.82) is 0 Å². The highest BCUT2D eigenvalue weighted by Gasteiger charge is 2.14. The number of carbonyl (C=O) groups is 2. The number of nitrogens with two attached hydrogens (primary N) is 1. The number of carbonyl (C=O) groups excluding carboxylic acids is 1. The Kier molecular flexibility index (Phi) is 4.79. The van der Waals surface area contributed by atoms with Crippen molar-refractivity contribution in [2.75, 3.05) is 5.32 Å². The summed E-state index contributed by atoms with van der Waals surface area (Å²) >= 11 is 0. The molecule has 18 heavy (non-hydrogen) atoms. The van der Waals surface area contributed by atoms with Crippen molar-refractivity contribution in [2.24, 2.45) is 5.73 Å². The first-order valence-electron chi connectivity index (χ1n) is 5.55. The highest BCUT2D eigenvalue weighted by molar-refractivity contribution is 5.95. The number of benzene rings is 1. The second-order valence-corrected chi connectivity index (χ2v) is 3.88. The average Bonchev–Trinajstić information content (AvgIpc) is 2.28. The van der Waals surface area contributed by atoms with Crippen molar-refractivity contribution in [3.05, 3.63) is 29.6 Å². The molecule has 98 valence electrons. The van der Waals surface area contributed by atoms with Gasteiger partial charge in [-0.25, -0.2) is 9.18 Å². The van der Waals surface area contributed by atoms with Gasteiger partial charge in [-0.15, -0.1) is 0 Å². The molecule has 4 N–H and O–H groups in total. The van der Waals surface area contributed by atoms with E-state index in [0.29, 0.717) is 6.42 Å². The number of carboxylic acid groups (broad SMARTS) is 1. The van der Waals surface area contributed by atoms with Gasteiger partial charge < -0.3 is 16.2 Å². The fraction of sp³-hybridized carbons (Fsp3) is 0.333. The molecule has 1 rings (SSSR count). The predicted octanol–water partition coefficient (Wildman–Crippen LogP) is 1.59. The molecular weight excluding hydrogens is 239 g/mol. The molecule has 0 aliphatic heterocycles. The molecule has 0 saturated carbocycles. The number of aromatic carboxylic acids is 1. The maximum atomic E-state index is 13.3. The summed E-state index contributed by atoms with van der Waals surface area (Å²) in [6.45, 7) is 1.90. The van der Waals surface area contributed by atoms with E-state index in [9.17, 15) is 14.0 Å². The Hall–Kier alpha value is -1.95. The molecule has 1 aromatic carbocycles. The molecule has 5 nitrogen and oxygen atoms in total. The molecule has 0 unspecified atom stereocenters. The lowest BCUT2D eigenvalue weighted by atomic mass is 10.1. The first-order valence-corrected chi connectivity index (χ1v) is 5.55. The number of halogens is 1. The Morgan fingerprint density at radius 3 is 2.67 bits per heavy atom. The van der Waals surface area contributed by atoms with E-state index in [1.165, 1.54) is 6.07 Å². The number of rotatable bonds is 5. The molecule has 0 fully saturated rings. The van der Waals surface area contributed by atoms with Gasteiger partial charge in [-0.3, -0.25) is 4.79 Å². The van der Waals surface area contributed by atoms with Gasteiger partial charge in [0.2, 0.25) is 5.91 Å². The van der Waals surface area contributed by atoms with E-state index in [2.05, 4.69) is 5.32 Å². The van der Waals surface area contributed by atoms with Gasteiger partial charge in [-0.2, -0.15) is 0 Å². The lowest BCUT2D eigenvalue weighted by Crippen LogP contribution is -2.35. The van der Waals surface area contributed by atoms with Gasteiger partial charge in [-0.1, -0.05) is 13.3 Å². The van der Waals surface area contributed by atoms with Crippen molar-refractivity contribution >= 4 is 17.6 Å². The van der Waals surface area contributed by atoms with Crippen molar-refractivity contribution in [3.8, 4) is 0 Å². The van der Waals surface area contributed by atoms with Gasteiger partial charge in [0.05, 0.1) is 11.6 Å². The third kappa shape index (κ3) is 3.53. The summed E-state index contributed by atoms with van der Waals surface area (Å²) in [4.78, 5) is 22.2. The SMILES string of the molecule is CCC[C@@H](N)C(=O)Nc1ccc(C(=O)O)c(F)c1. The quantitative estimate of drug-likeness (QED) is 0.744. The van der Waals surface area contributed by atoms with Gasteiger partial charge >= 0.3 is 5.97 Å². The van der Waals surface area contributed by atoms with Crippen LogP contribution in [0.5, 0.6) is 0 Å². The number of nitrogens with one attached hydrogen (secondary N) is 1. The minimum atomic E-state index is -1.35. The van der Waals surface area contributed by atoms with E-state index in [4.69, 9.17) is 10.8 Å². The third-order valence-electron chi connectivity index (χ3n) is 2.40. The number of carboxylic acids is 1. The fourth-order valence-electron chi connectivity index (χ4n) is 1.44. The second kappa shape index (κ2) is 6.11. The van der Waals surface area contributed by atoms with Crippen LogP contribution in [0.25, 0.3) is 0 Å². The zero-order chi connectivity index (χ0) is 13.7. The summed E-state index contributed by atoms with van der Waals surface area (Å²) in [6.07, 6.45) is 1.29. The molecule has 1 atom stereocenters. The molecule has 0 aliphatic carbocycles. The summed E-state index contributed by atoms with van der Waals surface area (Å²) < 4.78 is 13.3. The number of amides is 1. The summed E-state index contributed by atoms with van der Waals surface area (Å²) in [5.74, 6) is -2.67. The van der Waals surface area contributed by atoms with Crippen LogP contribution >= 0.6 is 0 Å². The van der Waals surface area contributed by atoms with Crippen LogP contribution < -0.4 is 11.1 Å². The molecular formula is C12H15FN2O3. The summed E-state index contributed by atoms with van der Waals surface area (Å²) in [6, 6.07) is 2.72. The molecule has 6 heteroatoms. The normalized spacial score (nSPS) is 11.9. The van der Waals surface area contributed by atoms with Crippen LogP contribution in [0.15, 0.2) is 18.2 Å². The smallest absolute Gasteiger partial charge is 0.338 e. The van der Waals surface area contributed by atoms with E-state index < -0.39 is 29.3 Å². The number of hydrogen-bond acceptors (Lipinski definition) is 3. The van der Waals surface area contributed by atoms with Crippen LogP contribution in [0.4, 0.5) is 10.1 Å². The van der Waals surface area contributed by atoms with Gasteiger partial charge in [-0.05, 0) is 24.6 Å². The van der Waals surface area contributed by atoms with Crippen LogP contribution in [0.1, 0.15) is 30.1 Å². The molecule has 0 aliphatic rings. The topological polar surface area (TPSA) is 92.4 Å². The first kappa shape index (κ1) is 14.1. The summed E-state index contributed by atoms with van der Waals surface area (Å²) in [7, 11) is 0. The Morgan fingerprint density at radius 1 is 1.50 bits per heavy atom. The van der Waals surface area contributed by atoms with E-state index >= 15 is 0 Å². The van der Waals surface area contributed by atoms with Gasteiger partial charge in [0, 0.05) is 5.69 Å².